The van der Waals surface area contributed by atoms with E-state index < -0.39 is 103 Å². The number of benzene rings is 2. The average molecular weight is 1170 g/mol. The third-order valence-corrected chi connectivity index (χ3v) is 23.5. The van der Waals surface area contributed by atoms with E-state index >= 15 is 0 Å². The van der Waals surface area contributed by atoms with Gasteiger partial charge in [-0.05, 0) is 130 Å². The number of aromatic nitrogens is 2. The minimum atomic E-state index is -1.99. The molecule has 3 fully saturated rings. The highest BCUT2D eigenvalue weighted by Gasteiger charge is 2.55. The minimum Gasteiger partial charge on any atom is -0.459 e. The Morgan fingerprint density at radius 3 is 1.91 bits per heavy atom. The number of amides is 1. The van der Waals surface area contributed by atoms with Crippen molar-refractivity contribution in [3.05, 3.63) is 73.1 Å². The molecular weight excluding hydrogens is 1060 g/mol. The van der Waals surface area contributed by atoms with Crippen LogP contribution in [0.1, 0.15) is 159 Å². The van der Waals surface area contributed by atoms with Crippen LogP contribution >= 0.6 is 7.26 Å². The molecule has 1 amide bonds. The summed E-state index contributed by atoms with van der Waals surface area (Å²) in [4.78, 5) is 33.0. The molecule has 0 bridgehead atoms. The van der Waals surface area contributed by atoms with Gasteiger partial charge >= 0.3 is 5.97 Å². The van der Waals surface area contributed by atoms with Gasteiger partial charge in [-0.2, -0.15) is 5.10 Å². The van der Waals surface area contributed by atoms with E-state index in [1.54, 1.807) is 39.5 Å². The third kappa shape index (κ3) is 16.0. The predicted octanol–water partition coefficient (Wildman–Crippen LogP) is 7.70. The molecule has 0 spiro atoms. The van der Waals surface area contributed by atoms with Crippen molar-refractivity contribution < 1.29 is 58.8 Å². The molecule has 0 aliphatic carbocycles. The standard InChI is InChI=1S/C65H106N4O12P/c1-15-54-65(10,76)58(72)47(6)69(55(70)35-29-21-19-17-16-18-20-22-30-36-82(49-31-25-23-26-32-49,50-33-27-24-28-34-50)51-40-66-68(13)42-51)41-43(2)38-63(8,75)60(81-62-57(71)52(67(11)12)37-44(3)78-62)45(4)56(46(5)61(74)80-54)53-39-64(9,77-14)59(73)48(7)79-53/h23-28,31-34,40,42-48,52-54,56-60,62,71-73,75-76H,15-22,29-30,35-39,41H2,1-14H3/q+1/t43-,44-,45+,46-,47-,48+,52+,53-,54-,56?,57-,58-,59+,60-,62+,63-,64-,65-/m1/s1. The highest BCUT2D eigenvalue weighted by atomic mass is 31.2. The topological polar surface area (TPSA) is 206 Å². The molecule has 0 saturated carbocycles. The molecule has 4 heterocycles. The van der Waals surface area contributed by atoms with Gasteiger partial charge in [0.1, 0.15) is 53.2 Å². The third-order valence-electron chi connectivity index (χ3n) is 19.0. The number of hydrogen-bond donors (Lipinski definition) is 5. The van der Waals surface area contributed by atoms with Crippen LogP contribution in [-0.4, -0.2) is 175 Å². The Balaban J connectivity index is 1.16. The molecule has 3 aromatic rings. The summed E-state index contributed by atoms with van der Waals surface area (Å²) < 4.78 is 34.1. The molecule has 16 nitrogen and oxygen atoms in total. The summed E-state index contributed by atoms with van der Waals surface area (Å²) >= 11 is 0. The van der Waals surface area contributed by atoms with Gasteiger partial charge in [0.05, 0.1) is 66.1 Å². The fourth-order valence-corrected chi connectivity index (χ4v) is 18.5. The van der Waals surface area contributed by atoms with Crippen molar-refractivity contribution in [3.63, 3.8) is 0 Å². The van der Waals surface area contributed by atoms with Crippen molar-refractivity contribution in [2.24, 2.45) is 30.7 Å². The first-order valence-corrected chi connectivity index (χ1v) is 32.9. The van der Waals surface area contributed by atoms with Crippen LogP contribution in [0.15, 0.2) is 73.1 Å². The zero-order valence-electron chi connectivity index (χ0n) is 52.2. The van der Waals surface area contributed by atoms with Gasteiger partial charge in [0, 0.05) is 45.5 Å². The first-order valence-electron chi connectivity index (χ1n) is 30.9. The molecule has 82 heavy (non-hydrogen) atoms. The fourth-order valence-electron chi connectivity index (χ4n) is 14.2. The summed E-state index contributed by atoms with van der Waals surface area (Å²) in [5, 5.41) is 69.6. The number of likely N-dealkylation sites (N-methyl/N-ethyl adjacent to an activating group) is 1. The van der Waals surface area contributed by atoms with Gasteiger partial charge in [-0.25, -0.2) is 0 Å². The Bertz CT molecular complexity index is 2370. The molecule has 5 N–H and O–H groups in total. The van der Waals surface area contributed by atoms with E-state index in [0.29, 0.717) is 12.8 Å². The number of esters is 1. The highest BCUT2D eigenvalue weighted by Crippen LogP contribution is 2.56. The normalized spacial score (nSPS) is 35.7. The first kappa shape index (κ1) is 67.7. The molecule has 2 aromatic carbocycles. The van der Waals surface area contributed by atoms with E-state index in [1.165, 1.54) is 29.9 Å². The van der Waals surface area contributed by atoms with Gasteiger partial charge in [-0.3, -0.25) is 14.3 Å². The van der Waals surface area contributed by atoms with Crippen LogP contribution in [0.3, 0.4) is 0 Å². The van der Waals surface area contributed by atoms with E-state index in [1.807, 2.05) is 58.4 Å². The van der Waals surface area contributed by atoms with Crippen LogP contribution in [0.5, 0.6) is 0 Å². The Kier molecular flexibility index (Phi) is 24.6. The summed E-state index contributed by atoms with van der Waals surface area (Å²) in [5.41, 5.74) is -4.73. The van der Waals surface area contributed by atoms with Gasteiger partial charge in [0.2, 0.25) is 5.91 Å². The van der Waals surface area contributed by atoms with E-state index in [-0.39, 0.29) is 56.2 Å². The maximum absolute atomic E-state index is 14.8. The zero-order valence-corrected chi connectivity index (χ0v) is 53.1. The van der Waals surface area contributed by atoms with Gasteiger partial charge < -0.3 is 59.0 Å². The number of carbonyl (C=O) groups excluding carboxylic acids is 2. The molecule has 3 aliphatic heterocycles. The quantitative estimate of drug-likeness (QED) is 0.0394. The number of aliphatic hydroxyl groups is 5. The monoisotopic (exact) mass is 1170 g/mol. The fraction of sp³-hybridized carbons (Fsp3) is 0.738. The number of cyclic esters (lactones) is 1. The molecular formula is C65H106N4O12P+. The van der Waals surface area contributed by atoms with Gasteiger partial charge in [0.25, 0.3) is 0 Å². The SMILES string of the molecule is CC[C@H]1OC(=O)[C@H](C)C([C@H]2C[C@@](C)(OC)[C@@H](O)[C@H](C)O2)[C@H](C)[C@@H](O[C@@H]2O[C@H](C)C[C@H](N(C)C)[C@H]2O)[C@](C)(O)C[C@@H](C)CN(C(=O)CCCCCCCCCCC[P+](c2ccccc2)(c2ccccc2)c2cnn(C)c2)[C@H](C)[C@@H](O)[C@]1(C)O. The number of methoxy groups -OCH3 is 1. The second-order valence-electron chi connectivity index (χ2n) is 25.9. The molecule has 1 aromatic heterocycles. The summed E-state index contributed by atoms with van der Waals surface area (Å²) in [6.45, 7) is 17.8. The number of hydrogen-bond acceptors (Lipinski definition) is 14. The van der Waals surface area contributed by atoms with E-state index in [9.17, 15) is 35.1 Å². The molecule has 17 heteroatoms. The minimum absolute atomic E-state index is 0.104. The lowest BCUT2D eigenvalue weighted by molar-refractivity contribution is -0.302. The highest BCUT2D eigenvalue weighted by molar-refractivity contribution is 7.95. The van der Waals surface area contributed by atoms with Crippen molar-refractivity contribution >= 4 is 35.1 Å². The lowest BCUT2D eigenvalue weighted by Crippen LogP contribution is -2.61. The molecule has 0 radical (unpaired) electrons. The summed E-state index contributed by atoms with van der Waals surface area (Å²) in [7, 11) is 5.41. The van der Waals surface area contributed by atoms with Gasteiger partial charge in [0.15, 0.2) is 6.29 Å². The van der Waals surface area contributed by atoms with Crippen molar-refractivity contribution in [2.75, 3.05) is 33.9 Å². The van der Waals surface area contributed by atoms with Crippen LogP contribution in [0, 0.1) is 23.7 Å². The Morgan fingerprint density at radius 2 is 1.38 bits per heavy atom. The number of ether oxygens (including phenoxy) is 5. The maximum atomic E-state index is 14.8. The number of carbonyl (C=O) groups is 2. The van der Waals surface area contributed by atoms with Crippen LogP contribution in [0.25, 0.3) is 0 Å². The molecule has 3 saturated heterocycles. The number of aryl methyl sites for hydroxylation is 1. The first-order chi connectivity index (χ1) is 38.7. The largest absolute Gasteiger partial charge is 0.459 e. The number of nitrogens with zero attached hydrogens (tertiary/aromatic N) is 4. The summed E-state index contributed by atoms with van der Waals surface area (Å²) in [6.07, 6.45) is 7.07. The lowest BCUT2D eigenvalue weighted by Gasteiger charge is -2.51. The second-order valence-corrected chi connectivity index (χ2v) is 29.5. The molecule has 462 valence electrons. The smallest absolute Gasteiger partial charge is 0.309 e. The Morgan fingerprint density at radius 1 is 0.805 bits per heavy atom. The van der Waals surface area contributed by atoms with Crippen LogP contribution < -0.4 is 15.9 Å². The van der Waals surface area contributed by atoms with Crippen molar-refractivity contribution in [1.29, 1.82) is 0 Å². The van der Waals surface area contributed by atoms with Crippen LogP contribution in [0.2, 0.25) is 0 Å². The van der Waals surface area contributed by atoms with Crippen molar-refractivity contribution in [2.45, 2.75) is 243 Å². The van der Waals surface area contributed by atoms with Gasteiger partial charge in [-0.1, -0.05) is 103 Å². The van der Waals surface area contributed by atoms with Gasteiger partial charge in [-0.15, -0.1) is 0 Å². The summed E-state index contributed by atoms with van der Waals surface area (Å²) in [5.74, 6) is -3.64. The average Bonchev–Trinajstić information content (AvgIpc) is 2.67. The van der Waals surface area contributed by atoms with E-state index in [4.69, 9.17) is 23.7 Å². The lowest BCUT2D eigenvalue weighted by atomic mass is 9.68. The molecule has 18 atom stereocenters. The van der Waals surface area contributed by atoms with Crippen molar-refractivity contribution in [3.8, 4) is 0 Å². The van der Waals surface area contributed by atoms with E-state index in [0.717, 1.165) is 57.5 Å². The Hall–Kier alpha value is -3.38. The van der Waals surface area contributed by atoms with E-state index in [2.05, 4.69) is 78.2 Å². The predicted molar refractivity (Wildman–Crippen MR) is 325 cm³/mol. The number of rotatable bonds is 21. The Labute approximate surface area is 492 Å². The molecule has 3 aliphatic rings. The number of aliphatic hydroxyl groups excluding tert-OH is 3. The second kappa shape index (κ2) is 29.8. The van der Waals surface area contributed by atoms with Crippen LogP contribution in [0.4, 0.5) is 0 Å². The van der Waals surface area contributed by atoms with Crippen molar-refractivity contribution in [1.82, 2.24) is 19.6 Å². The zero-order chi connectivity index (χ0) is 60.3. The maximum Gasteiger partial charge on any atom is 0.309 e. The molecule has 1 unspecified atom stereocenters. The van der Waals surface area contributed by atoms with Crippen LogP contribution in [-0.2, 0) is 40.3 Å². The molecule has 6 rings (SSSR count). The summed E-state index contributed by atoms with van der Waals surface area (Å²) in [6, 6.07) is 20.7. The number of unbranched alkanes of at least 4 members (excludes halogenated alkanes) is 8.